The molecule has 0 aromatic heterocycles. The van der Waals surface area contributed by atoms with Crippen molar-refractivity contribution in [3.8, 4) is 5.75 Å². The van der Waals surface area contributed by atoms with Gasteiger partial charge in [-0.25, -0.2) is 0 Å². The second-order valence-corrected chi connectivity index (χ2v) is 6.31. The zero-order chi connectivity index (χ0) is 18.2. The van der Waals surface area contributed by atoms with Crippen LogP contribution in [0, 0.1) is 10.1 Å². The molecule has 1 aromatic rings. The van der Waals surface area contributed by atoms with Gasteiger partial charge in [-0.3, -0.25) is 24.7 Å². The number of nitro benzene ring substituents is 1. The van der Waals surface area contributed by atoms with Gasteiger partial charge in [-0.15, -0.1) is 0 Å². The number of carboxylic acids is 1. The molecule has 0 aliphatic carbocycles. The number of carboxylic acid groups (broad SMARTS) is 1. The average Bonchev–Trinajstić information content (AvgIpc) is 2.80. The fourth-order valence-corrected chi connectivity index (χ4v) is 3.16. The van der Waals surface area contributed by atoms with Crippen molar-refractivity contribution in [3.63, 3.8) is 0 Å². The Morgan fingerprint density at radius 2 is 2.16 bits per heavy atom. The second-order valence-electron chi connectivity index (χ2n) is 6.31. The zero-order valence-electron chi connectivity index (χ0n) is 14.5. The summed E-state index contributed by atoms with van der Waals surface area (Å²) < 4.78 is 5.60. The Morgan fingerprint density at radius 3 is 2.88 bits per heavy atom. The van der Waals surface area contributed by atoms with Crippen LogP contribution < -0.4 is 4.74 Å². The molecule has 0 spiro atoms. The van der Waals surface area contributed by atoms with E-state index in [1.54, 1.807) is 18.2 Å². The monoisotopic (exact) mass is 351 g/mol. The Bertz CT molecular complexity index is 595. The van der Waals surface area contributed by atoms with Crippen LogP contribution in [-0.2, 0) is 4.79 Å². The first kappa shape index (κ1) is 19.1. The Kier molecular flexibility index (Phi) is 7.15. The fraction of sp³-hybridized carbons (Fsp3) is 0.588. The Morgan fingerprint density at radius 1 is 1.40 bits per heavy atom. The Hall–Kier alpha value is -2.19. The minimum absolute atomic E-state index is 0.0197. The molecule has 1 atom stereocenters. The van der Waals surface area contributed by atoms with Gasteiger partial charge in [-0.1, -0.05) is 12.1 Å². The van der Waals surface area contributed by atoms with Crippen molar-refractivity contribution >= 4 is 11.7 Å². The van der Waals surface area contributed by atoms with Gasteiger partial charge in [0, 0.05) is 18.7 Å². The van der Waals surface area contributed by atoms with Crippen molar-refractivity contribution in [3.05, 3.63) is 34.4 Å². The normalized spacial score (nSPS) is 18.7. The van der Waals surface area contributed by atoms with E-state index in [1.165, 1.54) is 6.07 Å². The molecule has 25 heavy (non-hydrogen) atoms. The number of benzene rings is 1. The van der Waals surface area contributed by atoms with Crippen molar-refractivity contribution in [1.29, 1.82) is 0 Å². The lowest BCUT2D eigenvalue weighted by Gasteiger charge is -2.25. The summed E-state index contributed by atoms with van der Waals surface area (Å²) in [6, 6.07) is 6.66. The van der Waals surface area contributed by atoms with Gasteiger partial charge in [-0.05, 0) is 45.5 Å². The summed E-state index contributed by atoms with van der Waals surface area (Å²) in [4.78, 5) is 25.5. The highest BCUT2D eigenvalue weighted by Crippen LogP contribution is 2.25. The zero-order valence-corrected chi connectivity index (χ0v) is 14.5. The number of para-hydroxylation sites is 2. The summed E-state index contributed by atoms with van der Waals surface area (Å²) in [6.45, 7) is 2.94. The van der Waals surface area contributed by atoms with Gasteiger partial charge < -0.3 is 9.84 Å². The molecule has 0 bridgehead atoms. The summed E-state index contributed by atoms with van der Waals surface area (Å²) in [6.07, 6.45) is 2.89. The molecule has 8 heteroatoms. The number of nitrogens with zero attached hydrogens (tertiary/aromatic N) is 3. The van der Waals surface area contributed by atoms with Gasteiger partial charge in [0.15, 0.2) is 5.75 Å². The van der Waals surface area contributed by atoms with Crippen molar-refractivity contribution in [2.45, 2.75) is 25.3 Å². The molecule has 2 rings (SSSR count). The first-order valence-corrected chi connectivity index (χ1v) is 8.48. The van der Waals surface area contributed by atoms with Crippen LogP contribution >= 0.6 is 0 Å². The highest BCUT2D eigenvalue weighted by atomic mass is 16.6. The van der Waals surface area contributed by atoms with E-state index in [0.717, 1.165) is 32.4 Å². The maximum atomic E-state index is 11.0. The lowest BCUT2D eigenvalue weighted by atomic mass is 10.1. The third kappa shape index (κ3) is 5.99. The minimum atomic E-state index is -0.804. The predicted molar refractivity (Wildman–Crippen MR) is 92.9 cm³/mol. The summed E-state index contributed by atoms with van der Waals surface area (Å²) >= 11 is 0. The average molecular weight is 351 g/mol. The number of ether oxygens (including phenoxy) is 1. The van der Waals surface area contributed by atoms with Crippen LogP contribution in [0.25, 0.3) is 0 Å². The maximum Gasteiger partial charge on any atom is 0.317 e. The molecule has 1 aliphatic rings. The van der Waals surface area contributed by atoms with Crippen LogP contribution in [0.3, 0.4) is 0 Å². The standard InChI is InChI=1S/C17H25N3O5/c1-18(13-17(21)22)14-5-4-9-19(10-8-14)11-12-25-16-7-3-2-6-15(16)20(23)24/h2-3,6-7,14H,4-5,8-13H2,1H3,(H,21,22). The van der Waals surface area contributed by atoms with Gasteiger partial charge >= 0.3 is 11.7 Å². The number of rotatable bonds is 8. The van der Waals surface area contributed by atoms with E-state index in [9.17, 15) is 14.9 Å². The van der Waals surface area contributed by atoms with Crippen molar-refractivity contribution in [1.82, 2.24) is 9.80 Å². The lowest BCUT2D eigenvalue weighted by molar-refractivity contribution is -0.385. The molecule has 1 aliphatic heterocycles. The fourth-order valence-electron chi connectivity index (χ4n) is 3.16. The molecule has 1 fully saturated rings. The second kappa shape index (κ2) is 9.33. The Balaban J connectivity index is 1.79. The van der Waals surface area contributed by atoms with E-state index in [2.05, 4.69) is 4.90 Å². The Labute approximate surface area is 147 Å². The number of hydrogen-bond donors (Lipinski definition) is 1. The summed E-state index contributed by atoms with van der Waals surface area (Å²) in [7, 11) is 1.85. The van der Waals surface area contributed by atoms with Gasteiger partial charge in [0.2, 0.25) is 0 Å². The van der Waals surface area contributed by atoms with E-state index < -0.39 is 10.9 Å². The van der Waals surface area contributed by atoms with Gasteiger partial charge in [-0.2, -0.15) is 0 Å². The predicted octanol–water partition coefficient (Wildman–Crippen LogP) is 1.84. The summed E-state index contributed by atoms with van der Waals surface area (Å²) in [5.74, 6) is -0.511. The molecule has 138 valence electrons. The van der Waals surface area contributed by atoms with Crippen LogP contribution in [0.5, 0.6) is 5.75 Å². The largest absolute Gasteiger partial charge is 0.485 e. The van der Waals surface area contributed by atoms with E-state index in [-0.39, 0.29) is 18.3 Å². The topological polar surface area (TPSA) is 96.2 Å². The highest BCUT2D eigenvalue weighted by Gasteiger charge is 2.22. The number of hydrogen-bond acceptors (Lipinski definition) is 6. The van der Waals surface area contributed by atoms with Crippen molar-refractivity contribution < 1.29 is 19.6 Å². The number of likely N-dealkylation sites (N-methyl/N-ethyl adjacent to an activating group) is 1. The maximum absolute atomic E-state index is 11.0. The molecule has 1 unspecified atom stereocenters. The summed E-state index contributed by atoms with van der Waals surface area (Å²) in [5, 5.41) is 19.9. The molecule has 1 saturated heterocycles. The molecular formula is C17H25N3O5. The quantitative estimate of drug-likeness (QED) is 0.564. The SMILES string of the molecule is CN(CC(=O)O)C1CCCN(CCOc2ccccc2[N+](=O)[O-])CC1. The molecule has 1 N–H and O–H groups in total. The molecular weight excluding hydrogens is 326 g/mol. The van der Waals surface area contributed by atoms with Crippen LogP contribution in [0.15, 0.2) is 24.3 Å². The summed E-state index contributed by atoms with van der Waals surface area (Å²) in [5.41, 5.74) is -0.0197. The number of aliphatic carboxylic acids is 1. The van der Waals surface area contributed by atoms with E-state index in [1.807, 2.05) is 11.9 Å². The van der Waals surface area contributed by atoms with Gasteiger partial charge in [0.1, 0.15) is 6.61 Å². The van der Waals surface area contributed by atoms with E-state index >= 15 is 0 Å². The highest BCUT2D eigenvalue weighted by molar-refractivity contribution is 5.69. The molecule has 8 nitrogen and oxygen atoms in total. The third-order valence-corrected chi connectivity index (χ3v) is 4.53. The van der Waals surface area contributed by atoms with Crippen LogP contribution in [-0.4, -0.2) is 71.7 Å². The smallest absolute Gasteiger partial charge is 0.317 e. The number of likely N-dealkylation sites (tertiary alicyclic amines) is 1. The minimum Gasteiger partial charge on any atom is -0.485 e. The van der Waals surface area contributed by atoms with Crippen LogP contribution in [0.4, 0.5) is 5.69 Å². The van der Waals surface area contributed by atoms with E-state index in [0.29, 0.717) is 18.9 Å². The third-order valence-electron chi connectivity index (χ3n) is 4.53. The molecule has 1 aromatic carbocycles. The molecule has 0 saturated carbocycles. The molecule has 0 radical (unpaired) electrons. The number of carbonyl (C=O) groups is 1. The number of nitro groups is 1. The first-order valence-electron chi connectivity index (χ1n) is 8.48. The van der Waals surface area contributed by atoms with Crippen molar-refractivity contribution in [2.75, 3.05) is 39.8 Å². The van der Waals surface area contributed by atoms with Crippen molar-refractivity contribution in [2.24, 2.45) is 0 Å². The van der Waals surface area contributed by atoms with Crippen LogP contribution in [0.2, 0.25) is 0 Å². The van der Waals surface area contributed by atoms with Gasteiger partial charge in [0.05, 0.1) is 11.5 Å². The molecule has 1 heterocycles. The van der Waals surface area contributed by atoms with E-state index in [4.69, 9.17) is 9.84 Å². The van der Waals surface area contributed by atoms with Crippen LogP contribution in [0.1, 0.15) is 19.3 Å². The lowest BCUT2D eigenvalue weighted by Crippen LogP contribution is -2.37. The first-order chi connectivity index (χ1) is 12.0. The van der Waals surface area contributed by atoms with Gasteiger partial charge in [0.25, 0.3) is 0 Å². The molecule has 0 amide bonds.